The first-order chi connectivity index (χ1) is 10.7. The van der Waals surface area contributed by atoms with Gasteiger partial charge in [-0.3, -0.25) is 9.59 Å². The molecule has 118 valence electrons. The lowest BCUT2D eigenvalue weighted by molar-refractivity contribution is -0.137. The molecule has 2 fully saturated rings. The molecule has 0 radical (unpaired) electrons. The summed E-state index contributed by atoms with van der Waals surface area (Å²) in [6.45, 7) is 0.689. The molecule has 1 amide bonds. The zero-order valence-electron chi connectivity index (χ0n) is 12.3. The maximum Gasteiger partial charge on any atom is 0.241 e. The molecule has 2 aliphatic heterocycles. The van der Waals surface area contributed by atoms with Crippen molar-refractivity contribution in [2.24, 2.45) is 5.73 Å². The Labute approximate surface area is 134 Å². The molecule has 22 heavy (non-hydrogen) atoms. The lowest BCUT2D eigenvalue weighted by atomic mass is 10.1. The largest absolute Gasteiger partial charge is 0.368 e. The van der Waals surface area contributed by atoms with Gasteiger partial charge in [0.05, 0.1) is 12.1 Å². The van der Waals surface area contributed by atoms with E-state index in [4.69, 9.17) is 10.5 Å². The Bertz CT molecular complexity index is 552. The normalized spacial score (nSPS) is 25.3. The van der Waals surface area contributed by atoms with Gasteiger partial charge >= 0.3 is 0 Å². The van der Waals surface area contributed by atoms with Crippen molar-refractivity contribution < 1.29 is 14.3 Å². The molecular formula is C16H20N2O3S. The first kappa shape index (κ1) is 15.5. The van der Waals surface area contributed by atoms with Crippen molar-refractivity contribution in [2.45, 2.75) is 30.4 Å². The predicted octanol–water partition coefficient (Wildman–Crippen LogP) is 0.816. The molecule has 2 aliphatic rings. The summed E-state index contributed by atoms with van der Waals surface area (Å²) in [6, 6.07) is 9.11. The molecule has 0 spiro atoms. The summed E-state index contributed by atoms with van der Waals surface area (Å²) in [5, 5.41) is 0. The molecule has 2 unspecified atom stereocenters. The fourth-order valence-electron chi connectivity index (χ4n) is 3.00. The number of likely N-dealkylation sites (tertiary alicyclic amines) is 1. The number of fused-ring (bicyclic) bond motifs is 1. The molecule has 0 saturated carbocycles. The highest BCUT2D eigenvalue weighted by Crippen LogP contribution is 2.27. The number of rotatable bonds is 5. The van der Waals surface area contributed by atoms with Crippen molar-refractivity contribution in [3.63, 3.8) is 0 Å². The summed E-state index contributed by atoms with van der Waals surface area (Å²) in [5.74, 6) is 1.25. The minimum atomic E-state index is -0.569. The summed E-state index contributed by atoms with van der Waals surface area (Å²) >= 11 is 1.64. The lowest BCUT2D eigenvalue weighted by Crippen LogP contribution is -2.50. The fourth-order valence-corrected chi connectivity index (χ4v) is 3.95. The molecule has 2 saturated heterocycles. The monoisotopic (exact) mass is 320 g/mol. The van der Waals surface area contributed by atoms with Crippen molar-refractivity contribution in [3.8, 4) is 0 Å². The van der Waals surface area contributed by atoms with E-state index in [1.807, 2.05) is 18.2 Å². The molecule has 2 N–H and O–H groups in total. The van der Waals surface area contributed by atoms with E-state index in [1.54, 1.807) is 16.7 Å². The molecular weight excluding hydrogens is 300 g/mol. The van der Waals surface area contributed by atoms with Crippen molar-refractivity contribution in [3.05, 3.63) is 35.9 Å². The Balaban J connectivity index is 1.50. The second-order valence-corrected chi connectivity index (χ2v) is 6.72. The van der Waals surface area contributed by atoms with E-state index in [2.05, 4.69) is 12.1 Å². The van der Waals surface area contributed by atoms with Crippen LogP contribution in [0.25, 0.3) is 0 Å². The number of carbonyl (C=O) groups is 2. The average molecular weight is 320 g/mol. The van der Waals surface area contributed by atoms with Gasteiger partial charge in [-0.25, -0.2) is 0 Å². The van der Waals surface area contributed by atoms with Crippen LogP contribution >= 0.6 is 11.8 Å². The van der Waals surface area contributed by atoms with E-state index >= 15 is 0 Å². The summed E-state index contributed by atoms with van der Waals surface area (Å²) in [4.78, 5) is 25.9. The number of ketones is 1. The van der Waals surface area contributed by atoms with Crippen LogP contribution in [-0.2, 0) is 20.1 Å². The summed E-state index contributed by atoms with van der Waals surface area (Å²) < 4.78 is 5.40. The van der Waals surface area contributed by atoms with E-state index in [0.717, 1.165) is 12.2 Å². The highest BCUT2D eigenvalue weighted by Gasteiger charge is 2.47. The van der Waals surface area contributed by atoms with Gasteiger partial charge in [0.25, 0.3) is 0 Å². The molecule has 5 nitrogen and oxygen atoms in total. The Morgan fingerprint density at radius 1 is 1.41 bits per heavy atom. The molecule has 1 aromatic carbocycles. The van der Waals surface area contributed by atoms with Crippen LogP contribution < -0.4 is 5.73 Å². The number of hydrogen-bond acceptors (Lipinski definition) is 5. The maximum atomic E-state index is 12.5. The molecule has 3 atom stereocenters. The maximum absolute atomic E-state index is 12.5. The van der Waals surface area contributed by atoms with Crippen molar-refractivity contribution in [2.75, 3.05) is 18.9 Å². The summed E-state index contributed by atoms with van der Waals surface area (Å²) in [6.07, 6.45) is 0.604. The number of ether oxygens (including phenoxy) is 1. The number of hydrogen-bond donors (Lipinski definition) is 1. The first-order valence-electron chi connectivity index (χ1n) is 7.49. The number of thioether (sulfide) groups is 1. The van der Waals surface area contributed by atoms with E-state index in [9.17, 15) is 9.59 Å². The van der Waals surface area contributed by atoms with Crippen molar-refractivity contribution in [1.29, 1.82) is 0 Å². The van der Waals surface area contributed by atoms with E-state index < -0.39 is 12.1 Å². The molecule has 1 aromatic rings. The van der Waals surface area contributed by atoms with Gasteiger partial charge in [0, 0.05) is 18.1 Å². The Hall–Kier alpha value is -1.37. The third kappa shape index (κ3) is 3.19. The van der Waals surface area contributed by atoms with Gasteiger partial charge in [-0.05, 0) is 12.0 Å². The highest BCUT2D eigenvalue weighted by molar-refractivity contribution is 7.98. The van der Waals surface area contributed by atoms with Crippen LogP contribution in [0.3, 0.4) is 0 Å². The van der Waals surface area contributed by atoms with E-state index in [1.165, 1.54) is 5.56 Å². The van der Waals surface area contributed by atoms with Crippen molar-refractivity contribution in [1.82, 2.24) is 4.90 Å². The second-order valence-electron chi connectivity index (χ2n) is 5.69. The van der Waals surface area contributed by atoms with Crippen LogP contribution in [0.15, 0.2) is 30.3 Å². The van der Waals surface area contributed by atoms with Crippen LogP contribution in [-0.4, -0.2) is 53.7 Å². The van der Waals surface area contributed by atoms with Crippen LogP contribution in [0.5, 0.6) is 0 Å². The average Bonchev–Trinajstić information content (AvgIpc) is 3.11. The first-order valence-corrected chi connectivity index (χ1v) is 8.64. The third-order valence-electron chi connectivity index (χ3n) is 4.12. The SMILES string of the molecule is N[C@@H](CSCc1ccccc1)C(=O)N1CCC2OCC(=O)C21. The zero-order valence-corrected chi connectivity index (χ0v) is 13.1. The van der Waals surface area contributed by atoms with Gasteiger partial charge in [0.15, 0.2) is 5.78 Å². The predicted molar refractivity (Wildman–Crippen MR) is 85.4 cm³/mol. The summed E-state index contributed by atoms with van der Waals surface area (Å²) in [5.41, 5.74) is 7.24. The quantitative estimate of drug-likeness (QED) is 0.869. The van der Waals surface area contributed by atoms with Crippen LogP contribution in [0.1, 0.15) is 12.0 Å². The Kier molecular flexibility index (Phi) is 4.81. The van der Waals surface area contributed by atoms with Gasteiger partial charge < -0.3 is 15.4 Å². The van der Waals surface area contributed by atoms with Gasteiger partial charge in [-0.2, -0.15) is 11.8 Å². The number of benzene rings is 1. The Morgan fingerprint density at radius 2 is 2.18 bits per heavy atom. The number of Topliss-reactive ketones (excluding diaryl/α,β-unsaturated/α-hetero) is 1. The van der Waals surface area contributed by atoms with Crippen LogP contribution in [0, 0.1) is 0 Å². The van der Waals surface area contributed by atoms with Gasteiger partial charge in [-0.15, -0.1) is 0 Å². The lowest BCUT2D eigenvalue weighted by Gasteiger charge is -2.24. The smallest absolute Gasteiger partial charge is 0.241 e. The van der Waals surface area contributed by atoms with Gasteiger partial charge in [0.2, 0.25) is 5.91 Å². The molecule has 3 rings (SSSR count). The molecule has 6 heteroatoms. The van der Waals surface area contributed by atoms with E-state index in [-0.39, 0.29) is 24.4 Å². The number of carbonyl (C=O) groups excluding carboxylic acids is 2. The van der Waals surface area contributed by atoms with Gasteiger partial charge in [0.1, 0.15) is 12.6 Å². The van der Waals surface area contributed by atoms with Crippen LogP contribution in [0.4, 0.5) is 0 Å². The standard InChI is InChI=1S/C16H20N2O3S/c17-12(10-22-9-11-4-2-1-3-5-11)16(20)18-7-6-14-15(18)13(19)8-21-14/h1-5,12,14-15H,6-10,17H2/t12-,14?,15?/m0/s1. The number of amides is 1. The second kappa shape index (κ2) is 6.81. The molecule has 0 aliphatic carbocycles. The summed E-state index contributed by atoms with van der Waals surface area (Å²) in [7, 11) is 0. The number of nitrogens with two attached hydrogens (primary N) is 1. The fraction of sp³-hybridized carbons (Fsp3) is 0.500. The minimum Gasteiger partial charge on any atom is -0.368 e. The molecule has 2 heterocycles. The van der Waals surface area contributed by atoms with Gasteiger partial charge in [-0.1, -0.05) is 30.3 Å². The van der Waals surface area contributed by atoms with Crippen molar-refractivity contribution >= 4 is 23.5 Å². The molecule has 0 aromatic heterocycles. The Morgan fingerprint density at radius 3 is 2.95 bits per heavy atom. The zero-order chi connectivity index (χ0) is 15.5. The molecule has 0 bridgehead atoms. The number of nitrogens with zero attached hydrogens (tertiary/aromatic N) is 1. The van der Waals surface area contributed by atoms with Crippen LogP contribution in [0.2, 0.25) is 0 Å². The topological polar surface area (TPSA) is 72.6 Å². The minimum absolute atomic E-state index is 0.0000105. The van der Waals surface area contributed by atoms with E-state index in [0.29, 0.717) is 12.3 Å². The third-order valence-corrected chi connectivity index (χ3v) is 5.25. The highest BCUT2D eigenvalue weighted by atomic mass is 32.2.